The predicted molar refractivity (Wildman–Crippen MR) is 83.2 cm³/mol. The molecular weight excluding hydrogens is 325 g/mol. The van der Waals surface area contributed by atoms with E-state index in [2.05, 4.69) is 5.32 Å². The zero-order valence-corrected chi connectivity index (χ0v) is 13.6. The lowest BCUT2D eigenvalue weighted by Crippen LogP contribution is -2.21. The van der Waals surface area contributed by atoms with Crippen molar-refractivity contribution in [3.63, 3.8) is 0 Å². The highest BCUT2D eigenvalue weighted by molar-refractivity contribution is 6.30. The van der Waals surface area contributed by atoms with E-state index in [1.54, 1.807) is 20.8 Å². The molecule has 0 unspecified atom stereocenters. The Morgan fingerprint density at radius 2 is 1.96 bits per heavy atom. The summed E-state index contributed by atoms with van der Waals surface area (Å²) in [5, 5.41) is 2.57. The molecule has 0 fully saturated rings. The van der Waals surface area contributed by atoms with Gasteiger partial charge >= 0.3 is 5.97 Å². The van der Waals surface area contributed by atoms with Crippen LogP contribution in [0.2, 0.25) is 5.02 Å². The van der Waals surface area contributed by atoms with Crippen molar-refractivity contribution in [2.45, 2.75) is 20.8 Å². The number of amides is 1. The second kappa shape index (κ2) is 6.83. The van der Waals surface area contributed by atoms with Gasteiger partial charge in [-0.15, -0.1) is 0 Å². The Bertz CT molecular complexity index is 770. The standard InChI is InChI=1S/C16H15ClFNO4/c1-8-9(2)23-10(3)15(8)16(21)22-7-14(20)19-13-6-11(17)4-5-12(13)18/h4-6H,7H2,1-3H3,(H,19,20). The van der Waals surface area contributed by atoms with Crippen molar-refractivity contribution in [2.24, 2.45) is 0 Å². The summed E-state index contributed by atoms with van der Waals surface area (Å²) in [5.74, 6) is -0.939. The fraction of sp³-hybridized carbons (Fsp3) is 0.250. The molecule has 1 aromatic heterocycles. The molecule has 2 rings (SSSR count). The van der Waals surface area contributed by atoms with Gasteiger partial charge in [-0.25, -0.2) is 9.18 Å². The van der Waals surface area contributed by atoms with E-state index >= 15 is 0 Å². The quantitative estimate of drug-likeness (QED) is 0.860. The van der Waals surface area contributed by atoms with Crippen LogP contribution >= 0.6 is 11.6 Å². The van der Waals surface area contributed by atoms with Gasteiger partial charge in [0.15, 0.2) is 6.61 Å². The minimum absolute atomic E-state index is 0.0786. The molecule has 7 heteroatoms. The average Bonchev–Trinajstić information content (AvgIpc) is 2.73. The Hall–Kier alpha value is -2.34. The lowest BCUT2D eigenvalue weighted by Gasteiger charge is -2.08. The number of hydrogen-bond donors (Lipinski definition) is 1. The van der Waals surface area contributed by atoms with Crippen molar-refractivity contribution in [3.8, 4) is 0 Å². The highest BCUT2D eigenvalue weighted by Gasteiger charge is 2.21. The van der Waals surface area contributed by atoms with Gasteiger partial charge in [0.2, 0.25) is 0 Å². The largest absolute Gasteiger partial charge is 0.465 e. The Balaban J connectivity index is 1.99. The summed E-state index contributed by atoms with van der Waals surface area (Å²) in [4.78, 5) is 23.8. The van der Waals surface area contributed by atoms with Gasteiger partial charge in [-0.1, -0.05) is 11.6 Å². The second-order valence-corrected chi connectivity index (χ2v) is 5.40. The summed E-state index contributed by atoms with van der Waals surface area (Å²) in [7, 11) is 0. The Morgan fingerprint density at radius 3 is 2.57 bits per heavy atom. The maximum Gasteiger partial charge on any atom is 0.342 e. The molecule has 0 aliphatic heterocycles. The lowest BCUT2D eigenvalue weighted by molar-refractivity contribution is -0.119. The summed E-state index contributed by atoms with van der Waals surface area (Å²) in [6.45, 7) is 4.55. The Morgan fingerprint density at radius 1 is 1.26 bits per heavy atom. The number of rotatable bonds is 4. The van der Waals surface area contributed by atoms with Crippen molar-refractivity contribution in [1.82, 2.24) is 0 Å². The van der Waals surface area contributed by atoms with E-state index in [4.69, 9.17) is 20.8 Å². The van der Waals surface area contributed by atoms with Gasteiger partial charge in [0.05, 0.1) is 5.69 Å². The molecule has 1 amide bonds. The third-order valence-electron chi connectivity index (χ3n) is 3.30. The zero-order chi connectivity index (χ0) is 17.1. The van der Waals surface area contributed by atoms with Gasteiger partial charge < -0.3 is 14.5 Å². The van der Waals surface area contributed by atoms with Gasteiger partial charge in [-0.05, 0) is 39.0 Å². The van der Waals surface area contributed by atoms with Crippen LogP contribution in [0, 0.1) is 26.6 Å². The molecule has 23 heavy (non-hydrogen) atoms. The SMILES string of the molecule is Cc1oc(C)c(C(=O)OCC(=O)Nc2cc(Cl)ccc2F)c1C. The average molecular weight is 340 g/mol. The number of aryl methyl sites for hydroxylation is 2. The van der Waals surface area contributed by atoms with Gasteiger partial charge in [0.1, 0.15) is 22.9 Å². The summed E-state index contributed by atoms with van der Waals surface area (Å²) in [6, 6.07) is 3.76. The second-order valence-electron chi connectivity index (χ2n) is 4.96. The van der Waals surface area contributed by atoms with E-state index in [0.717, 1.165) is 6.07 Å². The van der Waals surface area contributed by atoms with Crippen molar-refractivity contribution in [3.05, 3.63) is 51.7 Å². The van der Waals surface area contributed by atoms with E-state index in [1.807, 2.05) is 0 Å². The van der Waals surface area contributed by atoms with E-state index in [0.29, 0.717) is 22.6 Å². The zero-order valence-electron chi connectivity index (χ0n) is 12.8. The summed E-state index contributed by atoms with van der Waals surface area (Å²) >= 11 is 5.73. The van der Waals surface area contributed by atoms with E-state index < -0.39 is 24.3 Å². The first-order chi connectivity index (χ1) is 10.8. The first kappa shape index (κ1) is 17.0. The highest BCUT2D eigenvalue weighted by Crippen LogP contribution is 2.22. The summed E-state index contributed by atoms with van der Waals surface area (Å²) in [6.07, 6.45) is 0. The number of esters is 1. The van der Waals surface area contributed by atoms with Crippen LogP contribution in [0.5, 0.6) is 0 Å². The van der Waals surface area contributed by atoms with E-state index in [-0.39, 0.29) is 10.7 Å². The molecule has 2 aromatic rings. The van der Waals surface area contributed by atoms with Crippen LogP contribution < -0.4 is 5.32 Å². The maximum atomic E-state index is 13.5. The molecule has 122 valence electrons. The number of hydrogen-bond acceptors (Lipinski definition) is 4. The normalized spacial score (nSPS) is 10.5. The molecule has 0 atom stereocenters. The van der Waals surface area contributed by atoms with Crippen molar-refractivity contribution in [2.75, 3.05) is 11.9 Å². The van der Waals surface area contributed by atoms with Crippen LogP contribution in [0.15, 0.2) is 22.6 Å². The van der Waals surface area contributed by atoms with E-state index in [9.17, 15) is 14.0 Å². The lowest BCUT2D eigenvalue weighted by atomic mass is 10.1. The molecule has 0 radical (unpaired) electrons. The first-order valence-corrected chi connectivity index (χ1v) is 7.16. The third-order valence-corrected chi connectivity index (χ3v) is 3.54. The van der Waals surface area contributed by atoms with Crippen LogP contribution in [0.3, 0.4) is 0 Å². The van der Waals surface area contributed by atoms with Gasteiger partial charge in [0, 0.05) is 10.6 Å². The molecule has 0 spiro atoms. The molecule has 1 N–H and O–H groups in total. The molecule has 5 nitrogen and oxygen atoms in total. The van der Waals surface area contributed by atoms with Crippen molar-refractivity contribution in [1.29, 1.82) is 0 Å². The topological polar surface area (TPSA) is 68.5 Å². The number of ether oxygens (including phenoxy) is 1. The fourth-order valence-corrected chi connectivity index (χ4v) is 2.25. The number of halogens is 2. The predicted octanol–water partition coefficient (Wildman–Crippen LogP) is 3.79. The monoisotopic (exact) mass is 339 g/mol. The number of benzene rings is 1. The van der Waals surface area contributed by atoms with E-state index in [1.165, 1.54) is 12.1 Å². The number of furan rings is 1. The Labute approximate surface area is 137 Å². The Kier molecular flexibility index (Phi) is 5.05. The van der Waals surface area contributed by atoms with Crippen LogP contribution in [-0.4, -0.2) is 18.5 Å². The highest BCUT2D eigenvalue weighted by atomic mass is 35.5. The molecule has 0 aliphatic carbocycles. The molecule has 0 saturated heterocycles. The summed E-state index contributed by atoms with van der Waals surface area (Å²) in [5.41, 5.74) is 0.878. The van der Waals surface area contributed by atoms with Crippen LogP contribution in [0.25, 0.3) is 0 Å². The fourth-order valence-electron chi connectivity index (χ4n) is 2.08. The van der Waals surface area contributed by atoms with Gasteiger partial charge in [0.25, 0.3) is 5.91 Å². The molecule has 0 bridgehead atoms. The van der Waals surface area contributed by atoms with Crippen LogP contribution in [0.4, 0.5) is 10.1 Å². The van der Waals surface area contributed by atoms with Crippen molar-refractivity contribution >= 4 is 29.2 Å². The molecule has 1 heterocycles. The first-order valence-electron chi connectivity index (χ1n) is 6.78. The smallest absolute Gasteiger partial charge is 0.342 e. The van der Waals surface area contributed by atoms with Crippen LogP contribution in [-0.2, 0) is 9.53 Å². The van der Waals surface area contributed by atoms with Gasteiger partial charge in [-0.2, -0.15) is 0 Å². The molecule has 1 aromatic carbocycles. The number of carbonyl (C=O) groups excluding carboxylic acids is 2. The number of nitrogens with one attached hydrogen (secondary N) is 1. The van der Waals surface area contributed by atoms with Gasteiger partial charge in [-0.3, -0.25) is 4.79 Å². The third kappa shape index (κ3) is 3.90. The van der Waals surface area contributed by atoms with Crippen LogP contribution in [0.1, 0.15) is 27.4 Å². The maximum absolute atomic E-state index is 13.5. The minimum atomic E-state index is -0.671. The number of carbonyl (C=O) groups is 2. The molecular formula is C16H15ClFNO4. The number of anilines is 1. The molecule has 0 saturated carbocycles. The minimum Gasteiger partial charge on any atom is -0.465 e. The van der Waals surface area contributed by atoms with Crippen molar-refractivity contribution < 1.29 is 23.1 Å². The summed E-state index contributed by atoms with van der Waals surface area (Å²) < 4.78 is 23.8. The molecule has 0 aliphatic rings.